The third-order valence-corrected chi connectivity index (χ3v) is 2.44. The van der Waals surface area contributed by atoms with Crippen molar-refractivity contribution < 1.29 is 4.74 Å². The van der Waals surface area contributed by atoms with Crippen LogP contribution in [0.4, 0.5) is 0 Å². The second-order valence-electron chi connectivity index (χ2n) is 2.49. The minimum Gasteiger partial charge on any atom is -0.377 e. The van der Waals surface area contributed by atoms with Gasteiger partial charge in [0.2, 0.25) is 0 Å². The zero-order chi connectivity index (χ0) is 7.61. The molecule has 1 aliphatic rings. The first-order valence-corrected chi connectivity index (χ1v) is 3.99. The van der Waals surface area contributed by atoms with E-state index in [0.717, 1.165) is 6.42 Å². The molecule has 1 nitrogen and oxygen atoms in total. The number of hydrogen-bond acceptors (Lipinski definition) is 1. The van der Waals surface area contributed by atoms with Gasteiger partial charge in [0.1, 0.15) is 4.33 Å². The molecule has 0 N–H and O–H groups in total. The molecule has 0 aromatic carbocycles. The van der Waals surface area contributed by atoms with Crippen LogP contribution in [-0.4, -0.2) is 17.5 Å². The van der Waals surface area contributed by atoms with Gasteiger partial charge in [0.25, 0.3) is 0 Å². The number of hydrogen-bond donors (Lipinski definition) is 0. The van der Waals surface area contributed by atoms with Crippen LogP contribution in [0.25, 0.3) is 0 Å². The number of halogens is 2. The minimum atomic E-state index is -0.499. The molecule has 0 aliphatic heterocycles. The minimum absolute atomic E-state index is 0.329. The predicted molar refractivity (Wildman–Crippen MR) is 43.6 cm³/mol. The summed E-state index contributed by atoms with van der Waals surface area (Å²) in [5.74, 6) is 0.329. The highest BCUT2D eigenvalue weighted by Gasteiger charge is 2.51. The standard InChI is InChI=1S/C7H10Cl2O/c1-2-3-10-5-6-4-7(6,8)9/h2,6H,1,3-5H2. The van der Waals surface area contributed by atoms with Crippen LogP contribution in [0, 0.1) is 5.92 Å². The summed E-state index contributed by atoms with van der Waals surface area (Å²) < 4.78 is 4.66. The van der Waals surface area contributed by atoms with Crippen LogP contribution in [0.2, 0.25) is 0 Å². The summed E-state index contributed by atoms with van der Waals surface area (Å²) in [6, 6.07) is 0. The largest absolute Gasteiger partial charge is 0.377 e. The van der Waals surface area contributed by atoms with Gasteiger partial charge in [-0.3, -0.25) is 0 Å². The van der Waals surface area contributed by atoms with E-state index in [-0.39, 0.29) is 0 Å². The maximum Gasteiger partial charge on any atom is 0.123 e. The molecule has 0 aromatic rings. The van der Waals surface area contributed by atoms with E-state index in [4.69, 9.17) is 27.9 Å². The van der Waals surface area contributed by atoms with Crippen molar-refractivity contribution in [1.82, 2.24) is 0 Å². The van der Waals surface area contributed by atoms with Crippen LogP contribution in [0.1, 0.15) is 6.42 Å². The van der Waals surface area contributed by atoms with Crippen molar-refractivity contribution in [3.8, 4) is 0 Å². The lowest BCUT2D eigenvalue weighted by molar-refractivity contribution is 0.151. The van der Waals surface area contributed by atoms with Gasteiger partial charge in [-0.15, -0.1) is 29.8 Å². The summed E-state index contributed by atoms with van der Waals surface area (Å²) in [4.78, 5) is 0. The van der Waals surface area contributed by atoms with Crippen molar-refractivity contribution in [2.24, 2.45) is 5.92 Å². The van der Waals surface area contributed by atoms with Gasteiger partial charge in [0, 0.05) is 5.92 Å². The lowest BCUT2D eigenvalue weighted by atomic mass is 10.5. The van der Waals surface area contributed by atoms with Crippen molar-refractivity contribution in [2.75, 3.05) is 13.2 Å². The van der Waals surface area contributed by atoms with Crippen LogP contribution in [0.15, 0.2) is 12.7 Å². The normalized spacial score (nSPS) is 28.0. The van der Waals surface area contributed by atoms with Crippen LogP contribution >= 0.6 is 23.2 Å². The van der Waals surface area contributed by atoms with Gasteiger partial charge in [-0.05, 0) is 6.42 Å². The first-order valence-electron chi connectivity index (χ1n) is 3.23. The molecule has 58 valence electrons. The van der Waals surface area contributed by atoms with E-state index in [1.807, 2.05) is 0 Å². The molecule has 1 rings (SSSR count). The Balaban J connectivity index is 2.02. The summed E-state index contributed by atoms with van der Waals surface area (Å²) >= 11 is 11.5. The van der Waals surface area contributed by atoms with E-state index in [1.165, 1.54) is 0 Å². The van der Waals surface area contributed by atoms with Crippen molar-refractivity contribution in [3.63, 3.8) is 0 Å². The third-order valence-electron chi connectivity index (χ3n) is 1.51. The Hall–Kier alpha value is 0.280. The van der Waals surface area contributed by atoms with Crippen LogP contribution in [0.3, 0.4) is 0 Å². The van der Waals surface area contributed by atoms with Crippen LogP contribution in [-0.2, 0) is 4.74 Å². The third kappa shape index (κ3) is 2.15. The molecule has 0 saturated heterocycles. The number of alkyl halides is 2. The molecule has 0 heterocycles. The van der Waals surface area contributed by atoms with Gasteiger partial charge in [-0.25, -0.2) is 0 Å². The van der Waals surface area contributed by atoms with Crippen molar-refractivity contribution in [2.45, 2.75) is 10.8 Å². The fourth-order valence-corrected chi connectivity index (χ4v) is 1.24. The number of rotatable bonds is 4. The molecule has 1 atom stereocenters. The highest BCUT2D eigenvalue weighted by Crippen LogP contribution is 2.53. The van der Waals surface area contributed by atoms with Crippen molar-refractivity contribution in [3.05, 3.63) is 12.7 Å². The van der Waals surface area contributed by atoms with E-state index >= 15 is 0 Å². The molecule has 1 saturated carbocycles. The lowest BCUT2D eigenvalue weighted by Gasteiger charge is -1.99. The molecular weight excluding hydrogens is 171 g/mol. The summed E-state index contributed by atoms with van der Waals surface area (Å²) in [6.07, 6.45) is 2.57. The maximum atomic E-state index is 5.75. The quantitative estimate of drug-likeness (QED) is 0.367. The fourth-order valence-electron chi connectivity index (χ4n) is 0.744. The summed E-state index contributed by atoms with van der Waals surface area (Å²) in [5.41, 5.74) is 0. The van der Waals surface area contributed by atoms with Crippen molar-refractivity contribution in [1.29, 1.82) is 0 Å². The second kappa shape index (κ2) is 3.12. The van der Waals surface area contributed by atoms with Gasteiger partial charge in [0.05, 0.1) is 13.2 Å². The van der Waals surface area contributed by atoms with Crippen LogP contribution in [0.5, 0.6) is 0 Å². The molecule has 1 fully saturated rings. The molecular formula is C7H10Cl2O. The zero-order valence-corrected chi connectivity index (χ0v) is 7.16. The van der Waals surface area contributed by atoms with Gasteiger partial charge < -0.3 is 4.74 Å². The van der Waals surface area contributed by atoms with E-state index in [1.54, 1.807) is 6.08 Å². The molecule has 0 spiro atoms. The van der Waals surface area contributed by atoms with Gasteiger partial charge in [0.15, 0.2) is 0 Å². The van der Waals surface area contributed by atoms with E-state index in [2.05, 4.69) is 6.58 Å². The fraction of sp³-hybridized carbons (Fsp3) is 0.714. The summed E-state index contributed by atoms with van der Waals surface area (Å²) in [5, 5.41) is 0. The number of ether oxygens (including phenoxy) is 1. The first-order chi connectivity index (χ1) is 4.67. The zero-order valence-electron chi connectivity index (χ0n) is 5.65. The Morgan fingerprint density at radius 1 is 1.70 bits per heavy atom. The van der Waals surface area contributed by atoms with E-state index in [9.17, 15) is 0 Å². The Morgan fingerprint density at radius 2 is 2.30 bits per heavy atom. The van der Waals surface area contributed by atoms with E-state index in [0.29, 0.717) is 19.1 Å². The molecule has 10 heavy (non-hydrogen) atoms. The smallest absolute Gasteiger partial charge is 0.123 e. The SMILES string of the molecule is C=CCOCC1CC1(Cl)Cl. The Morgan fingerprint density at radius 3 is 2.70 bits per heavy atom. The Bertz CT molecular complexity index is 134. The molecule has 0 amide bonds. The Labute approximate surface area is 71.0 Å². The maximum absolute atomic E-state index is 5.75. The summed E-state index contributed by atoms with van der Waals surface area (Å²) in [7, 11) is 0. The molecule has 1 unspecified atom stereocenters. The van der Waals surface area contributed by atoms with E-state index < -0.39 is 4.33 Å². The van der Waals surface area contributed by atoms with Gasteiger partial charge >= 0.3 is 0 Å². The second-order valence-corrected chi connectivity index (χ2v) is 4.03. The highest BCUT2D eigenvalue weighted by molar-refractivity contribution is 6.50. The topological polar surface area (TPSA) is 9.23 Å². The van der Waals surface area contributed by atoms with Crippen molar-refractivity contribution >= 4 is 23.2 Å². The van der Waals surface area contributed by atoms with Gasteiger partial charge in [-0.1, -0.05) is 6.08 Å². The highest BCUT2D eigenvalue weighted by atomic mass is 35.5. The molecule has 0 bridgehead atoms. The average molecular weight is 181 g/mol. The predicted octanol–water partition coefficient (Wildman–Crippen LogP) is 2.38. The molecule has 3 heteroatoms. The monoisotopic (exact) mass is 180 g/mol. The van der Waals surface area contributed by atoms with Gasteiger partial charge in [-0.2, -0.15) is 0 Å². The summed E-state index contributed by atoms with van der Waals surface area (Å²) in [6.45, 7) is 4.76. The molecule has 1 aliphatic carbocycles. The molecule has 0 aromatic heterocycles. The Kier molecular flexibility index (Phi) is 2.61. The van der Waals surface area contributed by atoms with Crippen LogP contribution < -0.4 is 0 Å². The molecule has 0 radical (unpaired) electrons. The average Bonchev–Trinajstić information content (AvgIpc) is 2.41. The lowest BCUT2D eigenvalue weighted by Crippen LogP contribution is -2.01. The first kappa shape index (κ1) is 8.38.